The van der Waals surface area contributed by atoms with Crippen molar-refractivity contribution in [2.75, 3.05) is 13.1 Å². The van der Waals surface area contributed by atoms with Crippen molar-refractivity contribution in [3.8, 4) is 0 Å². The lowest BCUT2D eigenvalue weighted by Gasteiger charge is -2.19. The van der Waals surface area contributed by atoms with Crippen molar-refractivity contribution >= 4 is 23.6 Å². The highest BCUT2D eigenvalue weighted by Gasteiger charge is 2.29. The molecule has 0 fully saturated rings. The quantitative estimate of drug-likeness (QED) is 0.663. The molecule has 150 valence electrons. The monoisotopic (exact) mass is 394 g/mol. The van der Waals surface area contributed by atoms with Crippen LogP contribution in [-0.4, -0.2) is 42.3 Å². The Morgan fingerprint density at radius 1 is 0.828 bits per heavy atom. The van der Waals surface area contributed by atoms with Crippen LogP contribution < -0.4 is 10.6 Å². The SMILES string of the molecule is CC(C)(C)OC(=O)NCCNC(=O)c1ccc2c(c1)C(=O)c1ccccc1C2=O. The summed E-state index contributed by atoms with van der Waals surface area (Å²) in [5.41, 5.74) is 0.880. The Morgan fingerprint density at radius 3 is 2.00 bits per heavy atom. The molecule has 0 saturated heterocycles. The topological polar surface area (TPSA) is 102 Å². The Labute approximate surface area is 168 Å². The van der Waals surface area contributed by atoms with E-state index < -0.39 is 17.6 Å². The van der Waals surface area contributed by atoms with Gasteiger partial charge in [0, 0.05) is 40.9 Å². The van der Waals surface area contributed by atoms with Gasteiger partial charge in [0.1, 0.15) is 5.60 Å². The molecule has 7 heteroatoms. The van der Waals surface area contributed by atoms with Gasteiger partial charge in [-0.3, -0.25) is 14.4 Å². The van der Waals surface area contributed by atoms with Crippen molar-refractivity contribution < 1.29 is 23.9 Å². The average molecular weight is 394 g/mol. The molecule has 2 amide bonds. The zero-order valence-corrected chi connectivity index (χ0v) is 16.5. The van der Waals surface area contributed by atoms with Gasteiger partial charge in [-0.05, 0) is 39.0 Å². The summed E-state index contributed by atoms with van der Waals surface area (Å²) < 4.78 is 5.11. The van der Waals surface area contributed by atoms with Gasteiger partial charge in [0.15, 0.2) is 11.6 Å². The summed E-state index contributed by atoms with van der Waals surface area (Å²) in [7, 11) is 0. The van der Waals surface area contributed by atoms with Gasteiger partial charge < -0.3 is 15.4 Å². The van der Waals surface area contributed by atoms with E-state index in [-0.39, 0.29) is 41.3 Å². The maximum absolute atomic E-state index is 12.7. The van der Waals surface area contributed by atoms with Gasteiger partial charge >= 0.3 is 6.09 Å². The molecule has 2 aromatic rings. The van der Waals surface area contributed by atoms with Gasteiger partial charge in [0.25, 0.3) is 5.91 Å². The predicted octanol–water partition coefficient (Wildman–Crippen LogP) is 2.72. The molecule has 2 aromatic carbocycles. The lowest BCUT2D eigenvalue weighted by Crippen LogP contribution is -2.37. The van der Waals surface area contributed by atoms with Crippen molar-refractivity contribution in [2.45, 2.75) is 26.4 Å². The number of amides is 2. The lowest BCUT2D eigenvalue weighted by molar-refractivity contribution is 0.0526. The maximum atomic E-state index is 12.7. The second-order valence-electron chi connectivity index (χ2n) is 7.65. The van der Waals surface area contributed by atoms with E-state index in [1.54, 1.807) is 45.0 Å². The molecule has 7 nitrogen and oxygen atoms in total. The number of rotatable bonds is 4. The molecule has 0 radical (unpaired) electrons. The van der Waals surface area contributed by atoms with Gasteiger partial charge in [0.2, 0.25) is 0 Å². The number of nitrogens with one attached hydrogen (secondary N) is 2. The van der Waals surface area contributed by atoms with E-state index in [0.29, 0.717) is 11.1 Å². The van der Waals surface area contributed by atoms with Crippen LogP contribution >= 0.6 is 0 Å². The number of benzene rings is 2. The summed E-state index contributed by atoms with van der Waals surface area (Å²) >= 11 is 0. The Morgan fingerprint density at radius 2 is 1.38 bits per heavy atom. The zero-order chi connectivity index (χ0) is 21.2. The van der Waals surface area contributed by atoms with Gasteiger partial charge in [-0.2, -0.15) is 0 Å². The molecule has 1 aliphatic carbocycles. The van der Waals surface area contributed by atoms with Crippen LogP contribution in [0.1, 0.15) is 63.0 Å². The normalized spacial score (nSPS) is 12.7. The molecule has 0 aromatic heterocycles. The Bertz CT molecular complexity index is 1000. The number of ether oxygens (including phenoxy) is 1. The van der Waals surface area contributed by atoms with Crippen LogP contribution in [0.15, 0.2) is 42.5 Å². The molecule has 1 aliphatic rings. The highest BCUT2D eigenvalue weighted by Crippen LogP contribution is 2.27. The van der Waals surface area contributed by atoms with Crippen molar-refractivity contribution in [3.05, 3.63) is 70.3 Å². The summed E-state index contributed by atoms with van der Waals surface area (Å²) in [6, 6.07) is 11.1. The first-order valence-corrected chi connectivity index (χ1v) is 9.25. The summed E-state index contributed by atoms with van der Waals surface area (Å²) in [5.74, 6) is -0.918. The van der Waals surface area contributed by atoms with Crippen LogP contribution in [0.4, 0.5) is 4.79 Å². The van der Waals surface area contributed by atoms with Gasteiger partial charge in [-0.1, -0.05) is 24.3 Å². The van der Waals surface area contributed by atoms with Gasteiger partial charge in [0.05, 0.1) is 0 Å². The second-order valence-corrected chi connectivity index (χ2v) is 7.65. The summed E-state index contributed by atoms with van der Waals surface area (Å²) in [4.78, 5) is 49.3. The Kier molecular flexibility index (Phi) is 5.50. The van der Waals surface area contributed by atoms with E-state index in [2.05, 4.69) is 10.6 Å². The van der Waals surface area contributed by atoms with Crippen molar-refractivity contribution in [2.24, 2.45) is 0 Å². The summed E-state index contributed by atoms with van der Waals surface area (Å²) in [6.07, 6.45) is -0.566. The molecular weight excluding hydrogens is 372 g/mol. The van der Waals surface area contributed by atoms with E-state index in [0.717, 1.165) is 0 Å². The number of carbonyl (C=O) groups excluding carboxylic acids is 4. The Hall–Kier alpha value is -3.48. The minimum atomic E-state index is -0.598. The highest BCUT2D eigenvalue weighted by molar-refractivity contribution is 6.28. The van der Waals surface area contributed by atoms with Crippen molar-refractivity contribution in [3.63, 3.8) is 0 Å². The summed E-state index contributed by atoms with van der Waals surface area (Å²) in [5, 5.41) is 5.21. The molecule has 0 atom stereocenters. The molecule has 0 heterocycles. The molecule has 29 heavy (non-hydrogen) atoms. The first-order chi connectivity index (χ1) is 13.7. The fraction of sp³-hybridized carbons (Fsp3) is 0.273. The van der Waals surface area contributed by atoms with Crippen molar-refractivity contribution in [1.82, 2.24) is 10.6 Å². The summed E-state index contributed by atoms with van der Waals surface area (Å²) in [6.45, 7) is 5.65. The number of ketones is 2. The molecule has 0 saturated carbocycles. The first-order valence-electron chi connectivity index (χ1n) is 9.25. The molecule has 0 unspecified atom stereocenters. The van der Waals surface area contributed by atoms with E-state index in [9.17, 15) is 19.2 Å². The van der Waals surface area contributed by atoms with Crippen LogP contribution in [0.25, 0.3) is 0 Å². The molecule has 0 spiro atoms. The first kappa shape index (κ1) is 20.3. The Balaban J connectivity index is 1.64. The fourth-order valence-corrected chi connectivity index (χ4v) is 3.00. The minimum Gasteiger partial charge on any atom is -0.444 e. The van der Waals surface area contributed by atoms with Crippen LogP contribution in [0.3, 0.4) is 0 Å². The third kappa shape index (κ3) is 4.51. The van der Waals surface area contributed by atoms with Crippen LogP contribution in [0.2, 0.25) is 0 Å². The van der Waals surface area contributed by atoms with Crippen LogP contribution in [0, 0.1) is 0 Å². The van der Waals surface area contributed by atoms with Crippen LogP contribution in [0.5, 0.6) is 0 Å². The molecule has 3 rings (SSSR count). The minimum absolute atomic E-state index is 0.185. The molecule has 0 bridgehead atoms. The van der Waals surface area contributed by atoms with E-state index in [1.807, 2.05) is 0 Å². The van der Waals surface area contributed by atoms with E-state index in [1.165, 1.54) is 18.2 Å². The van der Waals surface area contributed by atoms with Crippen molar-refractivity contribution in [1.29, 1.82) is 0 Å². The predicted molar refractivity (Wildman–Crippen MR) is 106 cm³/mol. The van der Waals surface area contributed by atoms with E-state index >= 15 is 0 Å². The number of fused-ring (bicyclic) bond motifs is 2. The number of alkyl carbamates (subject to hydrolysis) is 1. The van der Waals surface area contributed by atoms with Gasteiger partial charge in [-0.15, -0.1) is 0 Å². The maximum Gasteiger partial charge on any atom is 0.407 e. The molecule has 0 aliphatic heterocycles. The third-order valence-electron chi connectivity index (χ3n) is 4.27. The number of carbonyl (C=O) groups is 4. The zero-order valence-electron chi connectivity index (χ0n) is 16.5. The molecule has 2 N–H and O–H groups in total. The standard InChI is InChI=1S/C22H22N2O5/c1-22(2,3)29-21(28)24-11-10-23-20(27)13-8-9-16-17(12-13)19(26)15-7-5-4-6-14(15)18(16)25/h4-9,12H,10-11H2,1-3H3,(H,23,27)(H,24,28). The smallest absolute Gasteiger partial charge is 0.407 e. The average Bonchev–Trinajstić information content (AvgIpc) is 2.67. The van der Waals surface area contributed by atoms with E-state index in [4.69, 9.17) is 4.74 Å². The number of hydrogen-bond donors (Lipinski definition) is 2. The molecular formula is C22H22N2O5. The van der Waals surface area contributed by atoms with Gasteiger partial charge in [-0.25, -0.2) is 4.79 Å². The highest BCUT2D eigenvalue weighted by atomic mass is 16.6. The largest absolute Gasteiger partial charge is 0.444 e. The third-order valence-corrected chi connectivity index (χ3v) is 4.27. The second kappa shape index (κ2) is 7.87. The number of hydrogen-bond acceptors (Lipinski definition) is 5. The van der Waals surface area contributed by atoms with Crippen LogP contribution in [-0.2, 0) is 4.74 Å². The lowest BCUT2D eigenvalue weighted by atomic mass is 9.83. The fourth-order valence-electron chi connectivity index (χ4n) is 3.00.